The summed E-state index contributed by atoms with van der Waals surface area (Å²) in [5.74, 6) is 0.768. The number of benzene rings is 2. The molecule has 1 aliphatic carbocycles. The van der Waals surface area contributed by atoms with Gasteiger partial charge in [-0.25, -0.2) is 0 Å². The van der Waals surface area contributed by atoms with Crippen LogP contribution in [0.3, 0.4) is 0 Å². The molecule has 21 heavy (non-hydrogen) atoms. The fourth-order valence-electron chi connectivity index (χ4n) is 3.05. The van der Waals surface area contributed by atoms with Crippen LogP contribution < -0.4 is 5.32 Å². The second kappa shape index (κ2) is 7.24. The SMILES string of the molecule is C1=CCC(CNC(c2ccccc2)c2ccccc2)CC1. The van der Waals surface area contributed by atoms with E-state index in [9.17, 15) is 0 Å². The van der Waals surface area contributed by atoms with E-state index >= 15 is 0 Å². The zero-order valence-corrected chi connectivity index (χ0v) is 12.4. The van der Waals surface area contributed by atoms with Crippen LogP contribution in [0.4, 0.5) is 0 Å². The molecule has 0 saturated carbocycles. The molecule has 0 bridgehead atoms. The van der Waals surface area contributed by atoms with Crippen molar-refractivity contribution in [1.82, 2.24) is 5.32 Å². The third-order valence-electron chi connectivity index (χ3n) is 4.25. The first-order valence-electron chi connectivity index (χ1n) is 7.92. The Morgan fingerprint density at radius 1 is 0.857 bits per heavy atom. The third kappa shape index (κ3) is 3.83. The van der Waals surface area contributed by atoms with Crippen LogP contribution in [0.2, 0.25) is 0 Å². The van der Waals surface area contributed by atoms with Crippen LogP contribution in [0.15, 0.2) is 72.8 Å². The fourth-order valence-corrected chi connectivity index (χ4v) is 3.05. The summed E-state index contributed by atoms with van der Waals surface area (Å²) in [6.45, 7) is 1.08. The van der Waals surface area contributed by atoms with Crippen molar-refractivity contribution in [2.24, 2.45) is 5.92 Å². The summed E-state index contributed by atoms with van der Waals surface area (Å²) in [6, 6.07) is 21.8. The third-order valence-corrected chi connectivity index (χ3v) is 4.25. The smallest absolute Gasteiger partial charge is 0.0576 e. The molecule has 1 nitrogen and oxygen atoms in total. The van der Waals surface area contributed by atoms with Crippen LogP contribution in [0.5, 0.6) is 0 Å². The van der Waals surface area contributed by atoms with Crippen LogP contribution in [-0.4, -0.2) is 6.54 Å². The molecule has 3 rings (SSSR count). The van der Waals surface area contributed by atoms with E-state index in [0.29, 0.717) is 6.04 Å². The Bertz CT molecular complexity index is 519. The normalized spacial score (nSPS) is 18.0. The Hall–Kier alpha value is -1.86. The maximum absolute atomic E-state index is 3.79. The predicted octanol–water partition coefficient (Wildman–Crippen LogP) is 4.72. The van der Waals surface area contributed by atoms with E-state index in [2.05, 4.69) is 78.1 Å². The van der Waals surface area contributed by atoms with E-state index in [0.717, 1.165) is 12.5 Å². The molecule has 1 heteroatoms. The Morgan fingerprint density at radius 3 is 2.00 bits per heavy atom. The van der Waals surface area contributed by atoms with Crippen LogP contribution >= 0.6 is 0 Å². The molecule has 0 fully saturated rings. The molecule has 1 unspecified atom stereocenters. The van der Waals surface area contributed by atoms with Gasteiger partial charge in [0.2, 0.25) is 0 Å². The number of rotatable bonds is 5. The lowest BCUT2D eigenvalue weighted by molar-refractivity contribution is 0.423. The molecule has 0 amide bonds. The van der Waals surface area contributed by atoms with Crippen molar-refractivity contribution in [3.05, 3.63) is 83.9 Å². The molecule has 1 atom stereocenters. The lowest BCUT2D eigenvalue weighted by Crippen LogP contribution is -2.28. The fraction of sp³-hybridized carbons (Fsp3) is 0.300. The van der Waals surface area contributed by atoms with Gasteiger partial charge in [0.1, 0.15) is 0 Å². The first-order valence-corrected chi connectivity index (χ1v) is 7.92. The Morgan fingerprint density at radius 2 is 1.48 bits per heavy atom. The van der Waals surface area contributed by atoms with Gasteiger partial charge in [0.25, 0.3) is 0 Å². The van der Waals surface area contributed by atoms with Crippen molar-refractivity contribution >= 4 is 0 Å². The maximum Gasteiger partial charge on any atom is 0.0576 e. The lowest BCUT2D eigenvalue weighted by Gasteiger charge is -2.24. The molecule has 0 saturated heterocycles. The van der Waals surface area contributed by atoms with Crippen molar-refractivity contribution < 1.29 is 0 Å². The average molecular weight is 277 g/mol. The van der Waals surface area contributed by atoms with E-state index in [1.165, 1.54) is 30.4 Å². The van der Waals surface area contributed by atoms with Crippen LogP contribution in [0.25, 0.3) is 0 Å². The highest BCUT2D eigenvalue weighted by molar-refractivity contribution is 5.31. The molecule has 0 spiro atoms. The summed E-state index contributed by atoms with van der Waals surface area (Å²) in [5.41, 5.74) is 2.69. The number of hydrogen-bond acceptors (Lipinski definition) is 1. The van der Waals surface area contributed by atoms with E-state index < -0.39 is 0 Å². The highest BCUT2D eigenvalue weighted by Crippen LogP contribution is 2.24. The summed E-state index contributed by atoms with van der Waals surface area (Å²) < 4.78 is 0. The molecule has 0 radical (unpaired) electrons. The standard InChI is InChI=1S/C20H23N/c1-4-10-17(11-5-1)16-21-20(18-12-6-2-7-13-18)19-14-8-3-9-15-19/h1-4,6-9,12-15,17,20-21H,5,10-11,16H2. The molecule has 1 aliphatic rings. The molecule has 108 valence electrons. The Labute approximate surface area is 127 Å². The van der Waals surface area contributed by atoms with Crippen molar-refractivity contribution in [3.63, 3.8) is 0 Å². The van der Waals surface area contributed by atoms with Gasteiger partial charge in [-0.05, 0) is 42.9 Å². The molecule has 2 aromatic carbocycles. The van der Waals surface area contributed by atoms with Crippen molar-refractivity contribution in [2.45, 2.75) is 25.3 Å². The van der Waals surface area contributed by atoms with Gasteiger partial charge in [0, 0.05) is 0 Å². The Kier molecular flexibility index (Phi) is 4.86. The highest BCUT2D eigenvalue weighted by atomic mass is 14.9. The van der Waals surface area contributed by atoms with Gasteiger partial charge in [-0.2, -0.15) is 0 Å². The largest absolute Gasteiger partial charge is 0.306 e. The molecule has 2 aromatic rings. The zero-order valence-electron chi connectivity index (χ0n) is 12.4. The molecule has 1 N–H and O–H groups in total. The summed E-state index contributed by atoms with van der Waals surface area (Å²) in [6.07, 6.45) is 8.38. The maximum atomic E-state index is 3.79. The molecular weight excluding hydrogens is 254 g/mol. The van der Waals surface area contributed by atoms with Crippen LogP contribution in [-0.2, 0) is 0 Å². The van der Waals surface area contributed by atoms with E-state index in [1.807, 2.05) is 0 Å². The summed E-state index contributed by atoms with van der Waals surface area (Å²) in [4.78, 5) is 0. The first-order chi connectivity index (χ1) is 10.4. The number of allylic oxidation sites excluding steroid dienone is 2. The minimum atomic E-state index is 0.290. The summed E-state index contributed by atoms with van der Waals surface area (Å²) >= 11 is 0. The second-order valence-corrected chi connectivity index (χ2v) is 5.81. The number of nitrogens with one attached hydrogen (secondary N) is 1. The zero-order chi connectivity index (χ0) is 14.3. The quantitative estimate of drug-likeness (QED) is 0.780. The monoisotopic (exact) mass is 277 g/mol. The molecule has 0 heterocycles. The topological polar surface area (TPSA) is 12.0 Å². The lowest BCUT2D eigenvalue weighted by atomic mass is 9.93. The van der Waals surface area contributed by atoms with Gasteiger partial charge < -0.3 is 5.32 Å². The van der Waals surface area contributed by atoms with Gasteiger partial charge in [-0.15, -0.1) is 0 Å². The van der Waals surface area contributed by atoms with E-state index in [-0.39, 0.29) is 0 Å². The number of hydrogen-bond donors (Lipinski definition) is 1. The van der Waals surface area contributed by atoms with Gasteiger partial charge in [-0.3, -0.25) is 0 Å². The average Bonchev–Trinajstić information content (AvgIpc) is 2.58. The minimum Gasteiger partial charge on any atom is -0.306 e. The van der Waals surface area contributed by atoms with Gasteiger partial charge >= 0.3 is 0 Å². The summed E-state index contributed by atoms with van der Waals surface area (Å²) in [5, 5.41) is 3.79. The van der Waals surface area contributed by atoms with Crippen LogP contribution in [0, 0.1) is 5.92 Å². The van der Waals surface area contributed by atoms with Crippen molar-refractivity contribution in [1.29, 1.82) is 0 Å². The molecular formula is C20H23N. The second-order valence-electron chi connectivity index (χ2n) is 5.81. The van der Waals surface area contributed by atoms with E-state index in [4.69, 9.17) is 0 Å². The van der Waals surface area contributed by atoms with E-state index in [1.54, 1.807) is 0 Å². The minimum absolute atomic E-state index is 0.290. The van der Waals surface area contributed by atoms with Gasteiger partial charge in [-0.1, -0.05) is 72.8 Å². The van der Waals surface area contributed by atoms with Gasteiger partial charge in [0.15, 0.2) is 0 Å². The predicted molar refractivity (Wildman–Crippen MR) is 89.2 cm³/mol. The molecule has 0 aliphatic heterocycles. The first kappa shape index (κ1) is 14.1. The van der Waals surface area contributed by atoms with Crippen molar-refractivity contribution in [3.8, 4) is 0 Å². The summed E-state index contributed by atoms with van der Waals surface area (Å²) in [7, 11) is 0. The Balaban J connectivity index is 1.75. The van der Waals surface area contributed by atoms with Crippen molar-refractivity contribution in [2.75, 3.05) is 6.54 Å². The molecule has 0 aromatic heterocycles. The van der Waals surface area contributed by atoms with Crippen LogP contribution in [0.1, 0.15) is 36.4 Å². The highest BCUT2D eigenvalue weighted by Gasteiger charge is 2.16. The van der Waals surface area contributed by atoms with Gasteiger partial charge in [0.05, 0.1) is 6.04 Å².